The third kappa shape index (κ3) is 3.20. The molecule has 0 unspecified atom stereocenters. The molecule has 0 saturated carbocycles. The highest BCUT2D eigenvalue weighted by atomic mass is 32.1. The molecule has 1 fully saturated rings. The van der Waals surface area contributed by atoms with Gasteiger partial charge in [-0.1, -0.05) is 42.5 Å². The van der Waals surface area contributed by atoms with Crippen LogP contribution in [0.15, 0.2) is 42.6 Å². The van der Waals surface area contributed by atoms with Crippen molar-refractivity contribution < 1.29 is 0 Å². The summed E-state index contributed by atoms with van der Waals surface area (Å²) in [6, 6.07) is 14.9. The van der Waals surface area contributed by atoms with Gasteiger partial charge < -0.3 is 9.88 Å². The fourth-order valence-electron chi connectivity index (χ4n) is 3.17. The quantitative estimate of drug-likeness (QED) is 0.869. The zero-order valence-electron chi connectivity index (χ0n) is 12.5. The zero-order valence-corrected chi connectivity index (χ0v) is 13.3. The molecule has 22 heavy (non-hydrogen) atoms. The molecule has 1 saturated heterocycles. The van der Waals surface area contributed by atoms with Gasteiger partial charge in [-0.25, -0.2) is 0 Å². The Morgan fingerprint density at radius 2 is 1.91 bits per heavy atom. The van der Waals surface area contributed by atoms with Crippen LogP contribution < -0.4 is 4.90 Å². The van der Waals surface area contributed by atoms with E-state index in [0.29, 0.717) is 10.2 Å². The normalized spacial score (nSPS) is 15.5. The Morgan fingerprint density at radius 3 is 2.59 bits per heavy atom. The average Bonchev–Trinajstić information content (AvgIpc) is 2.56. The van der Waals surface area contributed by atoms with Gasteiger partial charge in [0.15, 0.2) is 0 Å². The van der Waals surface area contributed by atoms with Gasteiger partial charge >= 0.3 is 0 Å². The standard InChI is InChI=1S/C18H19N3S/c19-13-16-17(6-9-20-18(16)22)21-10-7-15(8-11-21)12-14-4-2-1-3-5-14/h1-6,9,15H,7-8,10-12H2,(H,20,22). The number of hydrogen-bond donors (Lipinski definition) is 1. The summed E-state index contributed by atoms with van der Waals surface area (Å²) in [7, 11) is 0. The van der Waals surface area contributed by atoms with Crippen LogP contribution in [0, 0.1) is 21.9 Å². The second kappa shape index (κ2) is 6.76. The molecule has 1 N–H and O–H groups in total. The molecule has 3 rings (SSSR count). The number of anilines is 1. The molecule has 4 heteroatoms. The maximum atomic E-state index is 9.31. The number of H-pyrrole nitrogens is 1. The smallest absolute Gasteiger partial charge is 0.123 e. The molecule has 1 aromatic heterocycles. The minimum Gasteiger partial charge on any atom is -0.370 e. The summed E-state index contributed by atoms with van der Waals surface area (Å²) in [5.41, 5.74) is 2.99. The number of nitrogens with one attached hydrogen (secondary N) is 1. The molecule has 3 nitrogen and oxygen atoms in total. The van der Waals surface area contributed by atoms with Gasteiger partial charge in [-0.15, -0.1) is 0 Å². The Labute approximate surface area is 136 Å². The van der Waals surface area contributed by atoms with Crippen molar-refractivity contribution in [1.82, 2.24) is 4.98 Å². The van der Waals surface area contributed by atoms with Crippen molar-refractivity contribution in [3.8, 4) is 6.07 Å². The second-order valence-electron chi connectivity index (χ2n) is 5.80. The lowest BCUT2D eigenvalue weighted by molar-refractivity contribution is 0.403. The van der Waals surface area contributed by atoms with E-state index in [0.717, 1.165) is 44.0 Å². The summed E-state index contributed by atoms with van der Waals surface area (Å²) >= 11 is 5.21. The van der Waals surface area contributed by atoms with E-state index < -0.39 is 0 Å². The van der Waals surface area contributed by atoms with Crippen LogP contribution in [0.4, 0.5) is 5.69 Å². The largest absolute Gasteiger partial charge is 0.370 e. The number of nitriles is 1. The lowest BCUT2D eigenvalue weighted by atomic mass is 9.90. The van der Waals surface area contributed by atoms with Crippen LogP contribution in [-0.2, 0) is 6.42 Å². The van der Waals surface area contributed by atoms with Crippen LogP contribution >= 0.6 is 12.2 Å². The van der Waals surface area contributed by atoms with E-state index in [9.17, 15) is 5.26 Å². The number of piperidine rings is 1. The van der Waals surface area contributed by atoms with E-state index in [2.05, 4.69) is 46.3 Å². The van der Waals surface area contributed by atoms with E-state index in [1.807, 2.05) is 12.3 Å². The molecule has 112 valence electrons. The van der Waals surface area contributed by atoms with Gasteiger partial charge in [-0.3, -0.25) is 0 Å². The summed E-state index contributed by atoms with van der Waals surface area (Å²) < 4.78 is 0.534. The summed E-state index contributed by atoms with van der Waals surface area (Å²) in [6.45, 7) is 1.98. The van der Waals surface area contributed by atoms with E-state index in [-0.39, 0.29) is 0 Å². The summed E-state index contributed by atoms with van der Waals surface area (Å²) in [6.07, 6.45) is 5.29. The Balaban J connectivity index is 1.66. The maximum Gasteiger partial charge on any atom is 0.123 e. The highest BCUT2D eigenvalue weighted by Gasteiger charge is 2.21. The number of aromatic nitrogens is 1. The van der Waals surface area contributed by atoms with E-state index in [1.54, 1.807) is 0 Å². The van der Waals surface area contributed by atoms with Crippen LogP contribution in [0.3, 0.4) is 0 Å². The van der Waals surface area contributed by atoms with E-state index in [4.69, 9.17) is 12.2 Å². The van der Waals surface area contributed by atoms with Crippen LogP contribution in [0.2, 0.25) is 0 Å². The molecular weight excluding hydrogens is 290 g/mol. The first-order valence-corrected chi connectivity index (χ1v) is 8.09. The van der Waals surface area contributed by atoms with Crippen molar-refractivity contribution in [2.24, 2.45) is 5.92 Å². The molecule has 1 aliphatic heterocycles. The first kappa shape index (κ1) is 14.8. The van der Waals surface area contributed by atoms with Gasteiger partial charge in [0.1, 0.15) is 16.3 Å². The first-order valence-electron chi connectivity index (χ1n) is 7.68. The van der Waals surface area contributed by atoms with Crippen molar-refractivity contribution >= 4 is 17.9 Å². The molecule has 0 aliphatic carbocycles. The highest BCUT2D eigenvalue weighted by Crippen LogP contribution is 2.27. The van der Waals surface area contributed by atoms with Gasteiger partial charge in [-0.2, -0.15) is 5.26 Å². The van der Waals surface area contributed by atoms with Gasteiger partial charge in [0.05, 0.1) is 5.69 Å². The number of benzene rings is 1. The first-order chi connectivity index (χ1) is 10.8. The predicted octanol–water partition coefficient (Wildman–Crippen LogP) is 4.07. The predicted molar refractivity (Wildman–Crippen MR) is 91.4 cm³/mol. The van der Waals surface area contributed by atoms with Crippen LogP contribution in [0.25, 0.3) is 0 Å². The van der Waals surface area contributed by atoms with Crippen LogP contribution in [0.1, 0.15) is 24.0 Å². The van der Waals surface area contributed by atoms with Crippen molar-refractivity contribution in [3.05, 3.63) is 58.4 Å². The molecule has 0 radical (unpaired) electrons. The molecule has 2 aromatic rings. The monoisotopic (exact) mass is 309 g/mol. The lowest BCUT2D eigenvalue weighted by Crippen LogP contribution is -2.34. The average molecular weight is 309 g/mol. The molecule has 0 spiro atoms. The Bertz CT molecular complexity index is 722. The minimum absolute atomic E-state index is 0.534. The third-order valence-electron chi connectivity index (χ3n) is 4.37. The minimum atomic E-state index is 0.534. The van der Waals surface area contributed by atoms with Crippen LogP contribution in [0.5, 0.6) is 0 Å². The fraction of sp³-hybridized carbons (Fsp3) is 0.333. The second-order valence-corrected chi connectivity index (χ2v) is 6.21. The Kier molecular flexibility index (Phi) is 4.55. The van der Waals surface area contributed by atoms with E-state index in [1.165, 1.54) is 5.56 Å². The van der Waals surface area contributed by atoms with Gasteiger partial charge in [0.2, 0.25) is 0 Å². The highest BCUT2D eigenvalue weighted by molar-refractivity contribution is 7.71. The van der Waals surface area contributed by atoms with Crippen molar-refractivity contribution in [2.45, 2.75) is 19.3 Å². The summed E-state index contributed by atoms with van der Waals surface area (Å²) in [5, 5.41) is 9.31. The SMILES string of the molecule is N#Cc1c(N2CCC(Cc3ccccc3)CC2)cc[nH]c1=S. The summed E-state index contributed by atoms with van der Waals surface area (Å²) in [5.74, 6) is 0.724. The van der Waals surface area contributed by atoms with E-state index >= 15 is 0 Å². The molecule has 0 atom stereocenters. The number of rotatable bonds is 3. The fourth-order valence-corrected chi connectivity index (χ4v) is 3.38. The van der Waals surface area contributed by atoms with Crippen LogP contribution in [-0.4, -0.2) is 18.1 Å². The number of hydrogen-bond acceptors (Lipinski definition) is 3. The number of nitrogens with zero attached hydrogens (tertiary/aromatic N) is 2. The molecule has 1 aromatic carbocycles. The van der Waals surface area contributed by atoms with Gasteiger partial charge in [0.25, 0.3) is 0 Å². The molecular formula is C18H19N3S. The molecule has 0 bridgehead atoms. The summed E-state index contributed by atoms with van der Waals surface area (Å²) in [4.78, 5) is 5.23. The molecule has 0 amide bonds. The lowest BCUT2D eigenvalue weighted by Gasteiger charge is -2.34. The Morgan fingerprint density at radius 1 is 1.18 bits per heavy atom. The van der Waals surface area contributed by atoms with Crippen molar-refractivity contribution in [2.75, 3.05) is 18.0 Å². The van der Waals surface area contributed by atoms with Crippen molar-refractivity contribution in [3.63, 3.8) is 0 Å². The Hall–Kier alpha value is -2.12. The topological polar surface area (TPSA) is 42.8 Å². The molecule has 1 aliphatic rings. The number of pyridine rings is 1. The zero-order chi connectivity index (χ0) is 15.4. The van der Waals surface area contributed by atoms with Crippen molar-refractivity contribution in [1.29, 1.82) is 5.26 Å². The molecule has 2 heterocycles. The third-order valence-corrected chi connectivity index (χ3v) is 4.70. The number of aromatic amines is 1. The van der Waals surface area contributed by atoms with Gasteiger partial charge in [0, 0.05) is 19.3 Å². The maximum absolute atomic E-state index is 9.31. The van der Waals surface area contributed by atoms with Gasteiger partial charge in [-0.05, 0) is 36.8 Å².